The Labute approximate surface area is 115 Å². The van der Waals surface area contributed by atoms with E-state index in [0.29, 0.717) is 5.41 Å². The zero-order valence-electron chi connectivity index (χ0n) is 13.3. The highest BCUT2D eigenvalue weighted by atomic mass is 15.1. The van der Waals surface area contributed by atoms with E-state index in [9.17, 15) is 0 Å². The van der Waals surface area contributed by atoms with E-state index in [1.165, 1.54) is 51.7 Å². The zero-order chi connectivity index (χ0) is 13.6. The molecule has 1 fully saturated rings. The third kappa shape index (κ3) is 5.27. The molecule has 1 atom stereocenters. The molecular formula is C16H34N2. The van der Waals surface area contributed by atoms with Gasteiger partial charge in [-0.15, -0.1) is 0 Å². The third-order valence-corrected chi connectivity index (χ3v) is 4.74. The standard InChI is InChI=1S/C16H34N2/c1-6-15(17-5)8-7-11-18-12-9-14(10-13-18)16(2,3)4/h14-15,17H,6-13H2,1-5H3. The Morgan fingerprint density at radius 1 is 1.22 bits per heavy atom. The van der Waals surface area contributed by atoms with E-state index in [-0.39, 0.29) is 0 Å². The predicted octanol–water partition coefficient (Wildman–Crippen LogP) is 3.52. The van der Waals surface area contributed by atoms with Gasteiger partial charge in [-0.2, -0.15) is 0 Å². The SMILES string of the molecule is CCC(CCCN1CCC(C(C)(C)C)CC1)NC. The fraction of sp³-hybridized carbons (Fsp3) is 1.00. The molecule has 0 aromatic carbocycles. The maximum Gasteiger partial charge on any atom is 0.00619 e. The van der Waals surface area contributed by atoms with E-state index < -0.39 is 0 Å². The van der Waals surface area contributed by atoms with E-state index in [0.717, 1.165) is 12.0 Å². The molecule has 1 heterocycles. The molecule has 1 rings (SSSR count). The Balaban J connectivity index is 2.16. The maximum atomic E-state index is 3.40. The molecule has 1 N–H and O–H groups in total. The Bertz CT molecular complexity index is 208. The lowest BCUT2D eigenvalue weighted by atomic mass is 9.75. The monoisotopic (exact) mass is 254 g/mol. The first-order valence-electron chi connectivity index (χ1n) is 7.87. The van der Waals surface area contributed by atoms with Crippen LogP contribution in [0.3, 0.4) is 0 Å². The van der Waals surface area contributed by atoms with Crippen molar-refractivity contribution in [1.82, 2.24) is 10.2 Å². The van der Waals surface area contributed by atoms with Gasteiger partial charge in [0.2, 0.25) is 0 Å². The van der Waals surface area contributed by atoms with Crippen LogP contribution >= 0.6 is 0 Å². The first-order valence-corrected chi connectivity index (χ1v) is 7.87. The fourth-order valence-electron chi connectivity index (χ4n) is 3.14. The molecule has 0 amide bonds. The Morgan fingerprint density at radius 2 is 1.83 bits per heavy atom. The third-order valence-electron chi connectivity index (χ3n) is 4.74. The van der Waals surface area contributed by atoms with E-state index in [2.05, 4.69) is 45.0 Å². The number of nitrogens with one attached hydrogen (secondary N) is 1. The van der Waals surface area contributed by atoms with Crippen LogP contribution in [-0.2, 0) is 0 Å². The molecule has 0 aliphatic carbocycles. The van der Waals surface area contributed by atoms with Crippen LogP contribution in [0.25, 0.3) is 0 Å². The van der Waals surface area contributed by atoms with Crippen LogP contribution in [-0.4, -0.2) is 37.6 Å². The molecule has 1 saturated heterocycles. The topological polar surface area (TPSA) is 15.3 Å². The molecule has 108 valence electrons. The van der Waals surface area contributed by atoms with Crippen LogP contribution in [0.15, 0.2) is 0 Å². The smallest absolute Gasteiger partial charge is 0.00619 e. The lowest BCUT2D eigenvalue weighted by molar-refractivity contribution is 0.110. The predicted molar refractivity (Wildman–Crippen MR) is 81.0 cm³/mol. The van der Waals surface area contributed by atoms with Crippen molar-refractivity contribution in [2.75, 3.05) is 26.7 Å². The molecular weight excluding hydrogens is 220 g/mol. The minimum absolute atomic E-state index is 0.505. The highest BCUT2D eigenvalue weighted by molar-refractivity contribution is 4.80. The van der Waals surface area contributed by atoms with Crippen molar-refractivity contribution in [2.24, 2.45) is 11.3 Å². The van der Waals surface area contributed by atoms with Crippen LogP contribution in [0.1, 0.15) is 59.8 Å². The van der Waals surface area contributed by atoms with Gasteiger partial charge in [0, 0.05) is 6.04 Å². The second-order valence-corrected chi connectivity index (χ2v) is 7.02. The molecule has 2 nitrogen and oxygen atoms in total. The van der Waals surface area contributed by atoms with Crippen molar-refractivity contribution in [1.29, 1.82) is 0 Å². The van der Waals surface area contributed by atoms with Crippen LogP contribution in [0.4, 0.5) is 0 Å². The van der Waals surface area contributed by atoms with E-state index in [4.69, 9.17) is 0 Å². The first-order chi connectivity index (χ1) is 8.47. The second kappa shape index (κ2) is 7.49. The quantitative estimate of drug-likeness (QED) is 0.780. The summed E-state index contributed by atoms with van der Waals surface area (Å²) in [7, 11) is 2.09. The van der Waals surface area contributed by atoms with Crippen molar-refractivity contribution in [3.8, 4) is 0 Å². The molecule has 0 aromatic heterocycles. The molecule has 0 saturated carbocycles. The molecule has 1 unspecified atom stereocenters. The van der Waals surface area contributed by atoms with Gasteiger partial charge in [0.1, 0.15) is 0 Å². The van der Waals surface area contributed by atoms with Gasteiger partial charge in [-0.05, 0) is 70.1 Å². The van der Waals surface area contributed by atoms with Gasteiger partial charge in [0.05, 0.1) is 0 Å². The van der Waals surface area contributed by atoms with E-state index in [1.807, 2.05) is 0 Å². The Kier molecular flexibility index (Phi) is 6.65. The average molecular weight is 254 g/mol. The zero-order valence-corrected chi connectivity index (χ0v) is 13.3. The summed E-state index contributed by atoms with van der Waals surface area (Å²) in [6, 6.07) is 0.720. The first kappa shape index (κ1) is 16.0. The number of piperidine rings is 1. The van der Waals surface area contributed by atoms with Gasteiger partial charge in [-0.3, -0.25) is 0 Å². The van der Waals surface area contributed by atoms with E-state index >= 15 is 0 Å². The molecule has 0 radical (unpaired) electrons. The Morgan fingerprint density at radius 3 is 2.28 bits per heavy atom. The summed E-state index contributed by atoms with van der Waals surface area (Å²) in [5.74, 6) is 0.925. The highest BCUT2D eigenvalue weighted by Gasteiger charge is 2.28. The minimum atomic E-state index is 0.505. The van der Waals surface area contributed by atoms with Crippen molar-refractivity contribution in [3.05, 3.63) is 0 Å². The van der Waals surface area contributed by atoms with Gasteiger partial charge in [-0.1, -0.05) is 27.7 Å². The number of rotatable bonds is 6. The number of hydrogen-bond acceptors (Lipinski definition) is 2. The lowest BCUT2D eigenvalue weighted by Crippen LogP contribution is -2.38. The van der Waals surface area contributed by atoms with E-state index in [1.54, 1.807) is 0 Å². The number of likely N-dealkylation sites (tertiary alicyclic amines) is 1. The molecule has 0 aromatic rings. The fourth-order valence-corrected chi connectivity index (χ4v) is 3.14. The van der Waals surface area contributed by atoms with Gasteiger partial charge in [0.25, 0.3) is 0 Å². The normalized spacial score (nSPS) is 21.2. The van der Waals surface area contributed by atoms with Gasteiger partial charge >= 0.3 is 0 Å². The largest absolute Gasteiger partial charge is 0.317 e. The van der Waals surface area contributed by atoms with Crippen LogP contribution in [0, 0.1) is 11.3 Å². The average Bonchev–Trinajstić information content (AvgIpc) is 2.34. The Hall–Kier alpha value is -0.0800. The molecule has 0 bridgehead atoms. The molecule has 1 aliphatic rings. The minimum Gasteiger partial charge on any atom is -0.317 e. The summed E-state index contributed by atoms with van der Waals surface area (Å²) in [5, 5.41) is 3.40. The number of hydrogen-bond donors (Lipinski definition) is 1. The molecule has 18 heavy (non-hydrogen) atoms. The molecule has 0 spiro atoms. The maximum absolute atomic E-state index is 3.40. The summed E-state index contributed by atoms with van der Waals surface area (Å²) in [5.41, 5.74) is 0.505. The van der Waals surface area contributed by atoms with Crippen LogP contribution in [0.2, 0.25) is 0 Å². The molecule has 1 aliphatic heterocycles. The van der Waals surface area contributed by atoms with Crippen molar-refractivity contribution < 1.29 is 0 Å². The van der Waals surface area contributed by atoms with Crippen molar-refractivity contribution in [3.63, 3.8) is 0 Å². The van der Waals surface area contributed by atoms with Gasteiger partial charge < -0.3 is 10.2 Å². The summed E-state index contributed by atoms with van der Waals surface area (Å²) >= 11 is 0. The number of nitrogens with zero attached hydrogens (tertiary/aromatic N) is 1. The van der Waals surface area contributed by atoms with Crippen LogP contribution < -0.4 is 5.32 Å². The molecule has 2 heteroatoms. The van der Waals surface area contributed by atoms with Gasteiger partial charge in [-0.25, -0.2) is 0 Å². The summed E-state index contributed by atoms with van der Waals surface area (Å²) in [6.07, 6.45) is 6.72. The van der Waals surface area contributed by atoms with Crippen molar-refractivity contribution >= 4 is 0 Å². The summed E-state index contributed by atoms with van der Waals surface area (Å²) in [4.78, 5) is 2.67. The highest BCUT2D eigenvalue weighted by Crippen LogP contribution is 2.34. The second-order valence-electron chi connectivity index (χ2n) is 7.02. The van der Waals surface area contributed by atoms with Crippen molar-refractivity contribution in [2.45, 2.75) is 65.8 Å². The van der Waals surface area contributed by atoms with Gasteiger partial charge in [0.15, 0.2) is 0 Å². The summed E-state index contributed by atoms with van der Waals surface area (Å²) < 4.78 is 0. The lowest BCUT2D eigenvalue weighted by Gasteiger charge is -2.38. The summed E-state index contributed by atoms with van der Waals surface area (Å²) in [6.45, 7) is 13.4. The van der Waals surface area contributed by atoms with Crippen LogP contribution in [0.5, 0.6) is 0 Å².